The Morgan fingerprint density at radius 1 is 1.41 bits per heavy atom. The normalized spacial score (nSPS) is 17.8. The number of hydrogen-bond acceptors (Lipinski definition) is 4. The minimum absolute atomic E-state index is 0.00329. The number of carbonyl (C=O) groups is 2. The first-order valence-electron chi connectivity index (χ1n) is 7.17. The number of aryl methyl sites for hydroxylation is 1. The Morgan fingerprint density at radius 3 is 2.86 bits per heavy atom. The standard InChI is InChI=1S/C16H17N3O2S/c1-11-10-22-14(18-11)8-17-16(21)12-7-15(20)19(9-12)13-5-3-2-4-6-13/h2-6,10,12H,7-9H2,1H3,(H,17,21)/t12-/m1/s1. The molecule has 1 aromatic heterocycles. The van der Waals surface area contributed by atoms with E-state index >= 15 is 0 Å². The smallest absolute Gasteiger partial charge is 0.227 e. The fourth-order valence-electron chi connectivity index (χ4n) is 2.53. The van der Waals surface area contributed by atoms with Crippen molar-refractivity contribution >= 4 is 28.8 Å². The molecule has 1 atom stereocenters. The Labute approximate surface area is 133 Å². The fourth-order valence-corrected chi connectivity index (χ4v) is 3.24. The molecule has 0 saturated carbocycles. The van der Waals surface area contributed by atoms with Crippen molar-refractivity contribution in [2.75, 3.05) is 11.4 Å². The zero-order valence-electron chi connectivity index (χ0n) is 12.3. The van der Waals surface area contributed by atoms with Crippen LogP contribution in [0.15, 0.2) is 35.7 Å². The first-order chi connectivity index (χ1) is 10.6. The van der Waals surface area contributed by atoms with Crippen molar-refractivity contribution in [3.8, 4) is 0 Å². The van der Waals surface area contributed by atoms with Crippen LogP contribution in [0.5, 0.6) is 0 Å². The van der Waals surface area contributed by atoms with Gasteiger partial charge in [0.2, 0.25) is 11.8 Å². The predicted molar refractivity (Wildman–Crippen MR) is 85.6 cm³/mol. The van der Waals surface area contributed by atoms with Gasteiger partial charge in [-0.05, 0) is 19.1 Å². The van der Waals surface area contributed by atoms with Gasteiger partial charge in [0.05, 0.1) is 12.5 Å². The van der Waals surface area contributed by atoms with Crippen LogP contribution >= 0.6 is 11.3 Å². The number of nitrogens with zero attached hydrogens (tertiary/aromatic N) is 2. The third-order valence-electron chi connectivity index (χ3n) is 3.64. The molecule has 6 heteroatoms. The third kappa shape index (κ3) is 3.17. The van der Waals surface area contributed by atoms with Gasteiger partial charge in [-0.25, -0.2) is 4.98 Å². The molecule has 2 amide bonds. The second-order valence-corrected chi connectivity index (χ2v) is 6.28. The van der Waals surface area contributed by atoms with E-state index in [1.807, 2.05) is 42.6 Å². The van der Waals surface area contributed by atoms with Crippen LogP contribution in [0.4, 0.5) is 5.69 Å². The maximum atomic E-state index is 12.2. The average molecular weight is 315 g/mol. The summed E-state index contributed by atoms with van der Waals surface area (Å²) in [6.07, 6.45) is 0.262. The molecule has 1 aliphatic rings. The summed E-state index contributed by atoms with van der Waals surface area (Å²) in [7, 11) is 0. The Balaban J connectivity index is 1.59. The van der Waals surface area contributed by atoms with Crippen LogP contribution in [-0.2, 0) is 16.1 Å². The lowest BCUT2D eigenvalue weighted by atomic mass is 10.1. The summed E-state index contributed by atoms with van der Waals surface area (Å²) >= 11 is 1.53. The SMILES string of the molecule is Cc1csc(CNC(=O)[C@@H]2CC(=O)N(c3ccccc3)C2)n1. The number of anilines is 1. The number of nitrogens with one attached hydrogen (secondary N) is 1. The zero-order chi connectivity index (χ0) is 15.5. The number of carbonyl (C=O) groups excluding carboxylic acids is 2. The fraction of sp³-hybridized carbons (Fsp3) is 0.312. The van der Waals surface area contributed by atoms with E-state index in [1.165, 1.54) is 11.3 Å². The number of thiazole rings is 1. The Morgan fingerprint density at radius 2 is 2.18 bits per heavy atom. The molecule has 22 heavy (non-hydrogen) atoms. The van der Waals surface area contributed by atoms with Gasteiger partial charge in [-0.15, -0.1) is 11.3 Å². The molecule has 2 heterocycles. The van der Waals surface area contributed by atoms with Crippen molar-refractivity contribution < 1.29 is 9.59 Å². The first-order valence-corrected chi connectivity index (χ1v) is 8.05. The molecular weight excluding hydrogens is 298 g/mol. The number of rotatable bonds is 4. The number of benzene rings is 1. The molecule has 114 valence electrons. The Bertz CT molecular complexity index is 684. The van der Waals surface area contributed by atoms with Gasteiger partial charge >= 0.3 is 0 Å². The lowest BCUT2D eigenvalue weighted by Gasteiger charge is -2.16. The first kappa shape index (κ1) is 14.7. The average Bonchev–Trinajstić information content (AvgIpc) is 3.12. The van der Waals surface area contributed by atoms with E-state index in [0.29, 0.717) is 13.1 Å². The molecule has 1 aliphatic heterocycles. The van der Waals surface area contributed by atoms with Crippen molar-refractivity contribution in [3.05, 3.63) is 46.4 Å². The minimum atomic E-state index is -0.297. The van der Waals surface area contributed by atoms with Gasteiger partial charge in [0.1, 0.15) is 5.01 Å². The molecule has 5 nitrogen and oxygen atoms in total. The molecule has 2 aromatic rings. The van der Waals surface area contributed by atoms with Crippen molar-refractivity contribution in [2.45, 2.75) is 19.9 Å². The summed E-state index contributed by atoms with van der Waals surface area (Å²) in [5.74, 6) is -0.384. The molecule has 0 unspecified atom stereocenters. The van der Waals surface area contributed by atoms with Crippen LogP contribution in [-0.4, -0.2) is 23.3 Å². The van der Waals surface area contributed by atoms with E-state index in [2.05, 4.69) is 10.3 Å². The molecule has 0 bridgehead atoms. The molecule has 1 saturated heterocycles. The maximum absolute atomic E-state index is 12.2. The number of aromatic nitrogens is 1. The van der Waals surface area contributed by atoms with Crippen LogP contribution in [0.25, 0.3) is 0 Å². The summed E-state index contributed by atoms with van der Waals surface area (Å²) in [5.41, 5.74) is 1.80. The molecule has 3 rings (SSSR count). The van der Waals surface area contributed by atoms with Gasteiger partial charge < -0.3 is 10.2 Å². The van der Waals surface area contributed by atoms with E-state index in [-0.39, 0.29) is 24.2 Å². The Hall–Kier alpha value is -2.21. The summed E-state index contributed by atoms with van der Waals surface area (Å²) in [5, 5.41) is 5.72. The third-order valence-corrected chi connectivity index (χ3v) is 4.61. The van der Waals surface area contributed by atoms with Crippen LogP contribution in [0.3, 0.4) is 0 Å². The van der Waals surface area contributed by atoms with Crippen LogP contribution in [0.1, 0.15) is 17.1 Å². The number of para-hydroxylation sites is 1. The highest BCUT2D eigenvalue weighted by molar-refractivity contribution is 7.09. The Kier molecular flexibility index (Phi) is 4.20. The van der Waals surface area contributed by atoms with E-state index in [1.54, 1.807) is 4.90 Å². The highest BCUT2D eigenvalue weighted by atomic mass is 32.1. The molecular formula is C16H17N3O2S. The lowest BCUT2D eigenvalue weighted by molar-refractivity contribution is -0.126. The van der Waals surface area contributed by atoms with Gasteiger partial charge in [0.15, 0.2) is 0 Å². The number of amides is 2. The molecule has 0 radical (unpaired) electrons. The molecule has 1 aromatic carbocycles. The summed E-state index contributed by atoms with van der Waals surface area (Å²) in [6.45, 7) is 2.79. The highest BCUT2D eigenvalue weighted by Gasteiger charge is 2.34. The van der Waals surface area contributed by atoms with E-state index in [0.717, 1.165) is 16.4 Å². The monoisotopic (exact) mass is 315 g/mol. The number of hydrogen-bond donors (Lipinski definition) is 1. The van der Waals surface area contributed by atoms with E-state index in [4.69, 9.17) is 0 Å². The van der Waals surface area contributed by atoms with E-state index in [9.17, 15) is 9.59 Å². The van der Waals surface area contributed by atoms with Gasteiger partial charge in [-0.2, -0.15) is 0 Å². The van der Waals surface area contributed by atoms with Gasteiger partial charge in [0.25, 0.3) is 0 Å². The quantitative estimate of drug-likeness (QED) is 0.940. The molecule has 1 N–H and O–H groups in total. The van der Waals surface area contributed by atoms with Crippen LogP contribution < -0.4 is 10.2 Å². The zero-order valence-corrected chi connectivity index (χ0v) is 13.1. The minimum Gasteiger partial charge on any atom is -0.349 e. The second kappa shape index (κ2) is 6.27. The highest BCUT2D eigenvalue weighted by Crippen LogP contribution is 2.24. The maximum Gasteiger partial charge on any atom is 0.227 e. The van der Waals surface area contributed by atoms with Crippen molar-refractivity contribution in [1.82, 2.24) is 10.3 Å². The van der Waals surface area contributed by atoms with Gasteiger partial charge in [0, 0.05) is 29.7 Å². The van der Waals surface area contributed by atoms with Crippen molar-refractivity contribution in [1.29, 1.82) is 0 Å². The molecule has 1 fully saturated rings. The predicted octanol–water partition coefficient (Wildman–Crippen LogP) is 2.12. The van der Waals surface area contributed by atoms with Gasteiger partial charge in [-0.1, -0.05) is 18.2 Å². The summed E-state index contributed by atoms with van der Waals surface area (Å²) in [6, 6.07) is 9.46. The molecule has 0 aliphatic carbocycles. The summed E-state index contributed by atoms with van der Waals surface area (Å²) in [4.78, 5) is 30.3. The molecule has 0 spiro atoms. The largest absolute Gasteiger partial charge is 0.349 e. The second-order valence-electron chi connectivity index (χ2n) is 5.34. The van der Waals surface area contributed by atoms with Crippen LogP contribution in [0.2, 0.25) is 0 Å². The van der Waals surface area contributed by atoms with Crippen molar-refractivity contribution in [2.24, 2.45) is 5.92 Å². The topological polar surface area (TPSA) is 62.3 Å². The van der Waals surface area contributed by atoms with Crippen LogP contribution in [0, 0.1) is 12.8 Å². The van der Waals surface area contributed by atoms with Gasteiger partial charge in [-0.3, -0.25) is 9.59 Å². The van der Waals surface area contributed by atoms with E-state index < -0.39 is 0 Å². The van der Waals surface area contributed by atoms with Crippen molar-refractivity contribution in [3.63, 3.8) is 0 Å². The lowest BCUT2D eigenvalue weighted by Crippen LogP contribution is -2.32. The summed E-state index contributed by atoms with van der Waals surface area (Å²) < 4.78 is 0.